The first-order valence-electron chi connectivity index (χ1n) is 7.82. The fourth-order valence-corrected chi connectivity index (χ4v) is 2.76. The number of likely N-dealkylation sites (tertiary alicyclic amines) is 1. The first kappa shape index (κ1) is 15.3. The molecule has 120 valence electrons. The fraction of sp³-hybridized carbons (Fsp3) is 0.353. The number of benzene rings is 1. The van der Waals surface area contributed by atoms with Crippen molar-refractivity contribution in [2.45, 2.75) is 19.9 Å². The summed E-state index contributed by atoms with van der Waals surface area (Å²) >= 11 is 0. The third-order valence-electron chi connectivity index (χ3n) is 4.09. The Bertz CT molecular complexity index is 696. The molecule has 1 aromatic heterocycles. The zero-order valence-corrected chi connectivity index (χ0v) is 13.1. The molecule has 1 N–H and O–H groups in total. The molecule has 0 bridgehead atoms. The molecule has 1 aromatic carbocycles. The maximum absolute atomic E-state index is 12.2. The largest absolute Gasteiger partial charge is 0.352 e. The van der Waals surface area contributed by atoms with E-state index in [1.54, 1.807) is 15.8 Å². The highest BCUT2D eigenvalue weighted by Gasteiger charge is 2.33. The van der Waals surface area contributed by atoms with Crippen LogP contribution in [0.15, 0.2) is 42.7 Å². The summed E-state index contributed by atoms with van der Waals surface area (Å²) in [4.78, 5) is 25.6. The summed E-state index contributed by atoms with van der Waals surface area (Å²) in [6, 6.07) is 9.80. The molecule has 1 atom stereocenters. The van der Waals surface area contributed by atoms with Crippen molar-refractivity contribution in [2.75, 3.05) is 13.1 Å². The van der Waals surface area contributed by atoms with Crippen LogP contribution in [-0.2, 0) is 16.1 Å². The molecule has 1 aliphatic rings. The van der Waals surface area contributed by atoms with Crippen molar-refractivity contribution in [3.05, 3.63) is 48.3 Å². The molecule has 1 aliphatic heterocycles. The maximum atomic E-state index is 12.2. The molecule has 1 saturated heterocycles. The average molecular weight is 312 g/mol. The quantitative estimate of drug-likeness (QED) is 0.906. The number of hydrogen-bond acceptors (Lipinski definition) is 3. The van der Waals surface area contributed by atoms with Crippen LogP contribution in [0.1, 0.15) is 18.9 Å². The van der Waals surface area contributed by atoms with Gasteiger partial charge in [0.2, 0.25) is 11.8 Å². The zero-order valence-electron chi connectivity index (χ0n) is 13.1. The Morgan fingerprint density at radius 1 is 1.35 bits per heavy atom. The Balaban J connectivity index is 1.56. The Morgan fingerprint density at radius 3 is 2.83 bits per heavy atom. The van der Waals surface area contributed by atoms with Crippen molar-refractivity contribution >= 4 is 11.8 Å². The molecule has 1 unspecified atom stereocenters. The summed E-state index contributed by atoms with van der Waals surface area (Å²) in [5, 5.41) is 7.20. The summed E-state index contributed by atoms with van der Waals surface area (Å²) < 4.78 is 1.78. The normalized spacial score (nSPS) is 17.5. The minimum Gasteiger partial charge on any atom is -0.352 e. The molecule has 2 aromatic rings. The number of para-hydroxylation sites is 1. The van der Waals surface area contributed by atoms with Crippen LogP contribution < -0.4 is 5.32 Å². The molecular formula is C17H20N4O2. The Hall–Kier alpha value is -2.63. The molecule has 0 radical (unpaired) electrons. The van der Waals surface area contributed by atoms with E-state index in [0.717, 1.165) is 11.3 Å². The number of nitrogens with one attached hydrogen (secondary N) is 1. The van der Waals surface area contributed by atoms with E-state index < -0.39 is 0 Å². The van der Waals surface area contributed by atoms with Crippen molar-refractivity contribution in [1.82, 2.24) is 20.0 Å². The van der Waals surface area contributed by atoms with E-state index in [0.29, 0.717) is 26.1 Å². The van der Waals surface area contributed by atoms with Crippen molar-refractivity contribution in [2.24, 2.45) is 5.92 Å². The van der Waals surface area contributed by atoms with Crippen molar-refractivity contribution in [1.29, 1.82) is 0 Å². The van der Waals surface area contributed by atoms with E-state index in [2.05, 4.69) is 10.4 Å². The molecule has 2 amide bonds. The second-order valence-electron chi connectivity index (χ2n) is 5.68. The van der Waals surface area contributed by atoms with Gasteiger partial charge >= 0.3 is 0 Å². The molecule has 6 nitrogen and oxygen atoms in total. The van der Waals surface area contributed by atoms with Gasteiger partial charge in [0.25, 0.3) is 0 Å². The van der Waals surface area contributed by atoms with E-state index >= 15 is 0 Å². The SMILES string of the molecule is CCN1CC(C(=O)NCc2cnn(-c3ccccc3)c2)CC1=O. The van der Waals surface area contributed by atoms with Crippen LogP contribution in [0.5, 0.6) is 0 Å². The van der Waals surface area contributed by atoms with Gasteiger partial charge in [-0.15, -0.1) is 0 Å². The lowest BCUT2D eigenvalue weighted by Gasteiger charge is -2.13. The third-order valence-corrected chi connectivity index (χ3v) is 4.09. The minimum absolute atomic E-state index is 0.0598. The van der Waals surface area contributed by atoms with Gasteiger partial charge in [-0.3, -0.25) is 9.59 Å². The van der Waals surface area contributed by atoms with Gasteiger partial charge in [0.1, 0.15) is 0 Å². The van der Waals surface area contributed by atoms with Crippen LogP contribution >= 0.6 is 0 Å². The number of aromatic nitrogens is 2. The zero-order chi connectivity index (χ0) is 16.2. The Labute approximate surface area is 135 Å². The van der Waals surface area contributed by atoms with Crippen LogP contribution in [0.4, 0.5) is 0 Å². The van der Waals surface area contributed by atoms with Crippen molar-refractivity contribution < 1.29 is 9.59 Å². The number of amides is 2. The standard InChI is InChI=1S/C17H20N4O2/c1-2-20-12-14(8-16(20)22)17(23)18-9-13-10-19-21(11-13)15-6-4-3-5-7-15/h3-7,10-11,14H,2,8-9,12H2,1H3,(H,18,23). The van der Waals surface area contributed by atoms with E-state index in [4.69, 9.17) is 0 Å². The predicted molar refractivity (Wildman–Crippen MR) is 85.8 cm³/mol. The van der Waals surface area contributed by atoms with Crippen LogP contribution in [0.25, 0.3) is 5.69 Å². The van der Waals surface area contributed by atoms with Gasteiger partial charge in [-0.25, -0.2) is 4.68 Å². The van der Waals surface area contributed by atoms with E-state index in [1.807, 2.05) is 43.5 Å². The Kier molecular flexibility index (Phi) is 4.41. The number of nitrogens with zero attached hydrogens (tertiary/aromatic N) is 3. The summed E-state index contributed by atoms with van der Waals surface area (Å²) in [7, 11) is 0. The maximum Gasteiger partial charge on any atom is 0.225 e. The summed E-state index contributed by atoms with van der Waals surface area (Å²) in [5.74, 6) is -0.252. The van der Waals surface area contributed by atoms with Gasteiger partial charge in [-0.05, 0) is 19.1 Å². The topological polar surface area (TPSA) is 67.2 Å². The van der Waals surface area contributed by atoms with Gasteiger partial charge in [0, 0.05) is 37.8 Å². The second-order valence-corrected chi connectivity index (χ2v) is 5.68. The monoisotopic (exact) mass is 312 g/mol. The van der Waals surface area contributed by atoms with E-state index in [9.17, 15) is 9.59 Å². The van der Waals surface area contributed by atoms with Gasteiger partial charge in [0.15, 0.2) is 0 Å². The first-order valence-corrected chi connectivity index (χ1v) is 7.82. The number of rotatable bonds is 5. The Morgan fingerprint density at radius 2 is 2.13 bits per heavy atom. The number of carbonyl (C=O) groups excluding carboxylic acids is 2. The number of hydrogen-bond donors (Lipinski definition) is 1. The first-order chi connectivity index (χ1) is 11.2. The molecule has 1 fully saturated rings. The van der Waals surface area contributed by atoms with Gasteiger partial charge < -0.3 is 10.2 Å². The van der Waals surface area contributed by atoms with Gasteiger partial charge in [0.05, 0.1) is 17.8 Å². The minimum atomic E-state index is -0.244. The fourth-order valence-electron chi connectivity index (χ4n) is 2.76. The molecule has 2 heterocycles. The molecular weight excluding hydrogens is 292 g/mol. The summed E-state index contributed by atoms with van der Waals surface area (Å²) in [5.41, 5.74) is 1.91. The molecule has 23 heavy (non-hydrogen) atoms. The van der Waals surface area contributed by atoms with Crippen LogP contribution in [0.3, 0.4) is 0 Å². The second kappa shape index (κ2) is 6.64. The summed E-state index contributed by atoms with van der Waals surface area (Å²) in [6.45, 7) is 3.52. The molecule has 6 heteroatoms. The van der Waals surface area contributed by atoms with Gasteiger partial charge in [-0.2, -0.15) is 5.10 Å². The molecule has 0 saturated carbocycles. The summed E-state index contributed by atoms with van der Waals surface area (Å²) in [6.07, 6.45) is 3.95. The highest BCUT2D eigenvalue weighted by Crippen LogP contribution is 2.17. The average Bonchev–Trinajstić information content (AvgIpc) is 3.20. The van der Waals surface area contributed by atoms with Gasteiger partial charge in [-0.1, -0.05) is 18.2 Å². The van der Waals surface area contributed by atoms with E-state index in [-0.39, 0.29) is 17.7 Å². The third kappa shape index (κ3) is 3.41. The lowest BCUT2D eigenvalue weighted by molar-refractivity contribution is -0.128. The predicted octanol–water partition coefficient (Wildman–Crippen LogP) is 1.36. The molecule has 0 spiro atoms. The smallest absolute Gasteiger partial charge is 0.225 e. The lowest BCUT2D eigenvalue weighted by Crippen LogP contribution is -2.32. The molecule has 0 aliphatic carbocycles. The van der Waals surface area contributed by atoms with E-state index in [1.165, 1.54) is 0 Å². The highest BCUT2D eigenvalue weighted by molar-refractivity contribution is 5.89. The van der Waals surface area contributed by atoms with Crippen LogP contribution in [0.2, 0.25) is 0 Å². The van der Waals surface area contributed by atoms with Crippen LogP contribution in [0, 0.1) is 5.92 Å². The van der Waals surface area contributed by atoms with Crippen molar-refractivity contribution in [3.8, 4) is 5.69 Å². The van der Waals surface area contributed by atoms with Crippen molar-refractivity contribution in [3.63, 3.8) is 0 Å². The van der Waals surface area contributed by atoms with Crippen LogP contribution in [-0.4, -0.2) is 39.6 Å². The molecule has 3 rings (SSSR count). The number of carbonyl (C=O) groups is 2. The lowest BCUT2D eigenvalue weighted by atomic mass is 10.1. The highest BCUT2D eigenvalue weighted by atomic mass is 16.2.